The van der Waals surface area contributed by atoms with E-state index in [1.807, 2.05) is 0 Å². The Morgan fingerprint density at radius 2 is 2.15 bits per heavy atom. The summed E-state index contributed by atoms with van der Waals surface area (Å²) in [6.07, 6.45) is -1.32. The first-order valence-electron chi connectivity index (χ1n) is 6.36. The summed E-state index contributed by atoms with van der Waals surface area (Å²) in [4.78, 5) is 11.8. The summed E-state index contributed by atoms with van der Waals surface area (Å²) in [6, 6.07) is 5.30. The average molecular weight is 346 g/mol. The maximum atomic E-state index is 11.8. The van der Waals surface area contributed by atoms with Gasteiger partial charge in [0, 0.05) is 23.7 Å². The fraction of sp³-hybridized carbons (Fsp3) is 0.500. The maximum Gasteiger partial charge on any atom is 0.260 e. The monoisotopic (exact) mass is 345 g/mol. The Morgan fingerprint density at radius 3 is 2.75 bits per heavy atom. The molecule has 0 spiro atoms. The summed E-state index contributed by atoms with van der Waals surface area (Å²) in [5.74, 6) is 0.277. The second kappa shape index (κ2) is 8.24. The van der Waals surface area contributed by atoms with Crippen LogP contribution in [0.2, 0.25) is 0 Å². The topological polar surface area (TPSA) is 67.8 Å². The molecule has 6 heteroatoms. The lowest BCUT2D eigenvalue weighted by Crippen LogP contribution is -2.38. The number of ether oxygens (including phenoxy) is 2. The number of carbonyl (C=O) groups excluding carboxylic acids is 1. The average Bonchev–Trinajstić information content (AvgIpc) is 2.40. The van der Waals surface area contributed by atoms with E-state index in [0.717, 1.165) is 4.47 Å². The van der Waals surface area contributed by atoms with Crippen molar-refractivity contribution < 1.29 is 19.4 Å². The lowest BCUT2D eigenvalue weighted by molar-refractivity contribution is -0.127. The van der Waals surface area contributed by atoms with Gasteiger partial charge in [0.15, 0.2) is 6.10 Å². The third-order valence-electron chi connectivity index (χ3n) is 2.70. The van der Waals surface area contributed by atoms with Gasteiger partial charge in [0.2, 0.25) is 0 Å². The highest BCUT2D eigenvalue weighted by Gasteiger charge is 2.17. The zero-order valence-electron chi connectivity index (χ0n) is 11.9. The molecule has 1 amide bonds. The zero-order chi connectivity index (χ0) is 15.1. The van der Waals surface area contributed by atoms with Crippen LogP contribution in [0.15, 0.2) is 22.7 Å². The minimum atomic E-state index is -0.675. The van der Waals surface area contributed by atoms with Crippen LogP contribution in [0.4, 0.5) is 0 Å². The molecule has 1 unspecified atom stereocenters. The van der Waals surface area contributed by atoms with Crippen LogP contribution in [-0.4, -0.2) is 37.4 Å². The number of hydrogen-bond acceptors (Lipinski definition) is 4. The van der Waals surface area contributed by atoms with Crippen molar-refractivity contribution in [2.24, 2.45) is 0 Å². The SMILES string of the molecule is COCCNC(=O)C(C)Oc1ccc(Br)cc1[C@@H](C)O. The summed E-state index contributed by atoms with van der Waals surface area (Å²) in [5.41, 5.74) is 0.635. The molecule has 0 aliphatic heterocycles. The number of nitrogens with one attached hydrogen (secondary N) is 1. The van der Waals surface area contributed by atoms with Crippen LogP contribution < -0.4 is 10.1 Å². The lowest BCUT2D eigenvalue weighted by Gasteiger charge is -2.18. The molecule has 0 aliphatic rings. The minimum Gasteiger partial charge on any atom is -0.481 e. The van der Waals surface area contributed by atoms with Gasteiger partial charge in [-0.2, -0.15) is 0 Å². The van der Waals surface area contributed by atoms with Crippen LogP contribution in [0.5, 0.6) is 5.75 Å². The van der Waals surface area contributed by atoms with E-state index in [4.69, 9.17) is 9.47 Å². The Hall–Kier alpha value is -1.11. The second-order valence-corrected chi connectivity index (χ2v) is 5.32. The molecular weight excluding hydrogens is 326 g/mol. The summed E-state index contributed by atoms with van der Waals surface area (Å²) >= 11 is 3.34. The Balaban J connectivity index is 2.70. The van der Waals surface area contributed by atoms with Gasteiger partial charge in [0.1, 0.15) is 5.75 Å². The molecule has 0 saturated heterocycles. The highest BCUT2D eigenvalue weighted by Crippen LogP contribution is 2.29. The quantitative estimate of drug-likeness (QED) is 0.742. The third-order valence-corrected chi connectivity index (χ3v) is 3.19. The predicted molar refractivity (Wildman–Crippen MR) is 79.8 cm³/mol. The zero-order valence-corrected chi connectivity index (χ0v) is 13.4. The number of hydrogen-bond donors (Lipinski definition) is 2. The molecule has 1 rings (SSSR count). The number of aliphatic hydroxyl groups excluding tert-OH is 1. The number of methoxy groups -OCH3 is 1. The Kier molecular flexibility index (Phi) is 6.98. The Morgan fingerprint density at radius 1 is 1.45 bits per heavy atom. The van der Waals surface area contributed by atoms with Gasteiger partial charge in [-0.25, -0.2) is 0 Å². The molecule has 1 aromatic rings. The fourth-order valence-corrected chi connectivity index (χ4v) is 2.00. The highest BCUT2D eigenvalue weighted by molar-refractivity contribution is 9.10. The number of carbonyl (C=O) groups is 1. The third kappa shape index (κ3) is 5.11. The van der Waals surface area contributed by atoms with E-state index in [2.05, 4.69) is 21.2 Å². The number of aliphatic hydroxyl groups is 1. The van der Waals surface area contributed by atoms with E-state index in [0.29, 0.717) is 24.5 Å². The molecule has 0 aromatic heterocycles. The molecule has 0 bridgehead atoms. The van der Waals surface area contributed by atoms with Crippen molar-refractivity contribution >= 4 is 21.8 Å². The first kappa shape index (κ1) is 16.9. The standard InChI is InChI=1S/C14H20BrNO4/c1-9(17)12-8-11(15)4-5-13(12)20-10(2)14(18)16-6-7-19-3/h4-5,8-10,17H,6-7H2,1-3H3,(H,16,18)/t9-,10?/m1/s1. The van der Waals surface area contributed by atoms with Crippen molar-refractivity contribution in [3.05, 3.63) is 28.2 Å². The number of rotatable bonds is 7. The van der Waals surface area contributed by atoms with Gasteiger partial charge in [-0.05, 0) is 32.0 Å². The van der Waals surface area contributed by atoms with E-state index >= 15 is 0 Å². The van der Waals surface area contributed by atoms with Crippen LogP contribution in [-0.2, 0) is 9.53 Å². The second-order valence-electron chi connectivity index (χ2n) is 4.40. The Labute approximate surface area is 127 Å². The van der Waals surface area contributed by atoms with Crippen LogP contribution in [0.25, 0.3) is 0 Å². The van der Waals surface area contributed by atoms with Crippen molar-refractivity contribution in [1.29, 1.82) is 0 Å². The van der Waals surface area contributed by atoms with Crippen LogP contribution >= 0.6 is 15.9 Å². The first-order valence-corrected chi connectivity index (χ1v) is 7.15. The van der Waals surface area contributed by atoms with Gasteiger partial charge < -0.3 is 19.9 Å². The van der Waals surface area contributed by atoms with Crippen molar-refractivity contribution in [3.63, 3.8) is 0 Å². The molecule has 112 valence electrons. The smallest absolute Gasteiger partial charge is 0.260 e. The summed E-state index contributed by atoms with van der Waals surface area (Å²) in [6.45, 7) is 4.20. The van der Waals surface area contributed by atoms with Crippen molar-refractivity contribution in [2.45, 2.75) is 26.1 Å². The van der Waals surface area contributed by atoms with Gasteiger partial charge in [-0.3, -0.25) is 4.79 Å². The number of amides is 1. The van der Waals surface area contributed by atoms with Crippen molar-refractivity contribution in [1.82, 2.24) is 5.32 Å². The molecule has 20 heavy (non-hydrogen) atoms. The van der Waals surface area contributed by atoms with Crippen LogP contribution in [0.1, 0.15) is 25.5 Å². The molecule has 5 nitrogen and oxygen atoms in total. The van der Waals surface area contributed by atoms with Gasteiger partial charge in [0.25, 0.3) is 5.91 Å². The van der Waals surface area contributed by atoms with E-state index < -0.39 is 12.2 Å². The predicted octanol–water partition coefficient (Wildman–Crippen LogP) is 2.03. The highest BCUT2D eigenvalue weighted by atomic mass is 79.9. The van der Waals surface area contributed by atoms with E-state index in [-0.39, 0.29) is 5.91 Å². The van der Waals surface area contributed by atoms with Crippen LogP contribution in [0, 0.1) is 0 Å². The van der Waals surface area contributed by atoms with Crippen molar-refractivity contribution in [2.75, 3.05) is 20.3 Å². The molecule has 2 atom stereocenters. The first-order chi connectivity index (χ1) is 9.45. The maximum absolute atomic E-state index is 11.8. The lowest BCUT2D eigenvalue weighted by atomic mass is 10.1. The normalized spacial score (nSPS) is 13.7. The summed E-state index contributed by atoms with van der Waals surface area (Å²) in [7, 11) is 1.57. The number of benzene rings is 1. The molecule has 0 fully saturated rings. The summed E-state index contributed by atoms with van der Waals surface area (Å²) < 4.78 is 11.3. The molecule has 0 heterocycles. The van der Waals surface area contributed by atoms with Gasteiger partial charge in [-0.1, -0.05) is 15.9 Å². The number of halogens is 1. The summed E-state index contributed by atoms with van der Waals surface area (Å²) in [5, 5.41) is 12.4. The molecular formula is C14H20BrNO4. The van der Waals surface area contributed by atoms with Gasteiger partial charge in [-0.15, -0.1) is 0 Å². The molecule has 0 radical (unpaired) electrons. The van der Waals surface area contributed by atoms with E-state index in [1.54, 1.807) is 39.2 Å². The van der Waals surface area contributed by atoms with E-state index in [1.165, 1.54) is 0 Å². The molecule has 0 saturated carbocycles. The Bertz CT molecular complexity index is 451. The fourth-order valence-electron chi connectivity index (χ4n) is 1.62. The van der Waals surface area contributed by atoms with Gasteiger partial charge >= 0.3 is 0 Å². The minimum absolute atomic E-state index is 0.221. The van der Waals surface area contributed by atoms with Crippen molar-refractivity contribution in [3.8, 4) is 5.75 Å². The van der Waals surface area contributed by atoms with E-state index in [9.17, 15) is 9.90 Å². The molecule has 2 N–H and O–H groups in total. The van der Waals surface area contributed by atoms with Crippen LogP contribution in [0.3, 0.4) is 0 Å². The van der Waals surface area contributed by atoms with Gasteiger partial charge in [0.05, 0.1) is 12.7 Å². The molecule has 1 aromatic carbocycles. The largest absolute Gasteiger partial charge is 0.481 e. The molecule has 0 aliphatic carbocycles.